The highest BCUT2D eigenvalue weighted by Crippen LogP contribution is 2.46. The molecule has 0 saturated carbocycles. The Bertz CT molecular complexity index is 1350. The second-order valence-corrected chi connectivity index (χ2v) is 9.36. The first-order valence-corrected chi connectivity index (χ1v) is 11.7. The highest BCUT2D eigenvalue weighted by Gasteiger charge is 2.31. The standard InChI is InChI=1S/C22H20N4O4S2/c1-11-19-20(12-4-7-15(27)16(8-12)30-3)31-10-18(28)24-21(19)26(25-11)22-23-14-6-5-13(29-2)9-17(14)32-22/h4-9,20,27H,10H2,1-3H3,(H,24,28)/t20-/m1/s1. The predicted octanol–water partition coefficient (Wildman–Crippen LogP) is 4.29. The van der Waals surface area contributed by atoms with Gasteiger partial charge in [0.2, 0.25) is 11.0 Å². The molecule has 0 spiro atoms. The number of carbonyl (C=O) groups excluding carboxylic acids is 1. The number of ether oxygens (including phenoxy) is 2. The number of phenolic OH excluding ortho intramolecular Hbond substituents is 1. The molecule has 164 valence electrons. The lowest BCUT2D eigenvalue weighted by Gasteiger charge is -2.16. The molecule has 1 amide bonds. The Morgan fingerprint density at radius 2 is 2.03 bits per heavy atom. The van der Waals surface area contributed by atoms with Crippen molar-refractivity contribution in [3.8, 4) is 22.4 Å². The first kappa shape index (κ1) is 20.7. The minimum Gasteiger partial charge on any atom is -0.504 e. The summed E-state index contributed by atoms with van der Waals surface area (Å²) < 4.78 is 13.3. The summed E-state index contributed by atoms with van der Waals surface area (Å²) in [5.41, 5.74) is 3.45. The average Bonchev–Trinajstić information content (AvgIpc) is 3.29. The number of aromatic nitrogens is 3. The fourth-order valence-electron chi connectivity index (χ4n) is 3.75. The van der Waals surface area contributed by atoms with Crippen molar-refractivity contribution in [2.45, 2.75) is 12.2 Å². The van der Waals surface area contributed by atoms with E-state index in [1.807, 2.05) is 31.2 Å². The van der Waals surface area contributed by atoms with Gasteiger partial charge in [-0.2, -0.15) is 9.78 Å². The molecule has 8 nitrogen and oxygen atoms in total. The molecule has 10 heteroatoms. The third kappa shape index (κ3) is 3.45. The predicted molar refractivity (Wildman–Crippen MR) is 126 cm³/mol. The summed E-state index contributed by atoms with van der Waals surface area (Å²) in [4.78, 5) is 17.3. The lowest BCUT2D eigenvalue weighted by Crippen LogP contribution is -2.15. The number of hydrogen-bond acceptors (Lipinski definition) is 8. The van der Waals surface area contributed by atoms with Crippen LogP contribution in [0.3, 0.4) is 0 Å². The molecule has 32 heavy (non-hydrogen) atoms. The highest BCUT2D eigenvalue weighted by molar-refractivity contribution is 8.00. The zero-order valence-electron chi connectivity index (χ0n) is 17.6. The van der Waals surface area contributed by atoms with Crippen LogP contribution in [-0.2, 0) is 4.79 Å². The largest absolute Gasteiger partial charge is 0.504 e. The van der Waals surface area contributed by atoms with E-state index < -0.39 is 0 Å². The van der Waals surface area contributed by atoms with Gasteiger partial charge in [-0.25, -0.2) is 4.98 Å². The second-order valence-electron chi connectivity index (χ2n) is 7.26. The van der Waals surface area contributed by atoms with Gasteiger partial charge >= 0.3 is 0 Å². The summed E-state index contributed by atoms with van der Waals surface area (Å²) in [6, 6.07) is 11.0. The number of carbonyl (C=O) groups is 1. The normalized spacial score (nSPS) is 15.8. The van der Waals surface area contributed by atoms with E-state index in [-0.39, 0.29) is 16.9 Å². The number of aryl methyl sites for hydroxylation is 1. The van der Waals surface area contributed by atoms with Crippen molar-refractivity contribution in [3.63, 3.8) is 0 Å². The minimum atomic E-state index is -0.165. The average molecular weight is 469 g/mol. The lowest BCUT2D eigenvalue weighted by atomic mass is 10.0. The number of benzene rings is 2. The molecular formula is C22H20N4O4S2. The van der Waals surface area contributed by atoms with E-state index in [4.69, 9.17) is 19.6 Å². The first-order chi connectivity index (χ1) is 15.5. The number of nitrogens with zero attached hydrogens (tertiary/aromatic N) is 3. The van der Waals surface area contributed by atoms with Crippen LogP contribution in [0.1, 0.15) is 22.1 Å². The highest BCUT2D eigenvalue weighted by atomic mass is 32.2. The van der Waals surface area contributed by atoms with Crippen LogP contribution in [0, 0.1) is 6.92 Å². The number of phenols is 1. The molecule has 0 fully saturated rings. The summed E-state index contributed by atoms with van der Waals surface area (Å²) in [7, 11) is 3.15. The van der Waals surface area contributed by atoms with E-state index in [0.717, 1.165) is 32.8 Å². The smallest absolute Gasteiger partial charge is 0.235 e. The molecule has 3 heterocycles. The minimum absolute atomic E-state index is 0.0709. The van der Waals surface area contributed by atoms with Crippen LogP contribution in [0.4, 0.5) is 5.82 Å². The van der Waals surface area contributed by atoms with Crippen molar-refractivity contribution in [3.05, 3.63) is 53.2 Å². The van der Waals surface area contributed by atoms with Crippen molar-refractivity contribution >= 4 is 45.0 Å². The van der Waals surface area contributed by atoms with Crippen LogP contribution >= 0.6 is 23.1 Å². The van der Waals surface area contributed by atoms with E-state index in [1.165, 1.54) is 30.2 Å². The quantitative estimate of drug-likeness (QED) is 0.461. The maximum atomic E-state index is 12.6. The lowest BCUT2D eigenvalue weighted by molar-refractivity contribution is -0.113. The third-order valence-corrected chi connectivity index (χ3v) is 7.54. The van der Waals surface area contributed by atoms with Crippen molar-refractivity contribution in [1.82, 2.24) is 14.8 Å². The van der Waals surface area contributed by atoms with Gasteiger partial charge in [0.15, 0.2) is 11.5 Å². The van der Waals surface area contributed by atoms with Crippen molar-refractivity contribution in [1.29, 1.82) is 0 Å². The van der Waals surface area contributed by atoms with Gasteiger partial charge in [-0.15, -0.1) is 11.8 Å². The fraction of sp³-hybridized carbons (Fsp3) is 0.227. The Balaban J connectivity index is 1.66. The molecule has 0 bridgehead atoms. The SMILES string of the molecule is COc1ccc2nc(-n3nc(C)c4c3NC(=O)CS[C@@H]4c3ccc(O)c(OC)c3)sc2c1. The topological polar surface area (TPSA) is 98.5 Å². The molecule has 0 radical (unpaired) electrons. The molecule has 2 aromatic carbocycles. The number of thioether (sulfide) groups is 1. The second kappa shape index (κ2) is 8.03. The fourth-order valence-corrected chi connectivity index (χ4v) is 5.88. The Morgan fingerprint density at radius 3 is 2.81 bits per heavy atom. The Labute approximate surface area is 192 Å². The number of rotatable bonds is 4. The number of fused-ring (bicyclic) bond motifs is 2. The van der Waals surface area contributed by atoms with Gasteiger partial charge in [0.05, 0.1) is 41.1 Å². The molecule has 0 unspecified atom stereocenters. The molecule has 1 atom stereocenters. The van der Waals surface area contributed by atoms with Crippen LogP contribution in [0.25, 0.3) is 15.3 Å². The maximum absolute atomic E-state index is 12.6. The van der Waals surface area contributed by atoms with Crippen molar-refractivity contribution in [2.24, 2.45) is 0 Å². The molecule has 0 aliphatic carbocycles. The maximum Gasteiger partial charge on any atom is 0.235 e. The summed E-state index contributed by atoms with van der Waals surface area (Å²) in [5.74, 6) is 2.02. The Morgan fingerprint density at radius 1 is 1.19 bits per heavy atom. The molecular weight excluding hydrogens is 448 g/mol. The summed E-state index contributed by atoms with van der Waals surface area (Å²) in [5, 5.41) is 18.3. The number of anilines is 1. The van der Waals surface area contributed by atoms with E-state index >= 15 is 0 Å². The molecule has 5 rings (SSSR count). The molecule has 0 saturated heterocycles. The zero-order chi connectivity index (χ0) is 22.4. The Hall–Kier alpha value is -3.24. The van der Waals surface area contributed by atoms with Crippen LogP contribution in [0.2, 0.25) is 0 Å². The van der Waals surface area contributed by atoms with Crippen LogP contribution in [0.5, 0.6) is 17.2 Å². The van der Waals surface area contributed by atoms with Crippen LogP contribution in [-0.4, -0.2) is 45.8 Å². The van der Waals surface area contributed by atoms with Gasteiger partial charge in [0.25, 0.3) is 0 Å². The van der Waals surface area contributed by atoms with Crippen molar-refractivity contribution in [2.75, 3.05) is 25.3 Å². The molecule has 2 aromatic heterocycles. The van der Waals surface area contributed by atoms with Gasteiger partial charge in [-0.05, 0) is 42.8 Å². The van der Waals surface area contributed by atoms with Gasteiger partial charge in [-0.1, -0.05) is 17.4 Å². The number of amides is 1. The van der Waals surface area contributed by atoms with Crippen LogP contribution in [0.15, 0.2) is 36.4 Å². The van der Waals surface area contributed by atoms with E-state index in [0.29, 0.717) is 22.5 Å². The zero-order valence-corrected chi connectivity index (χ0v) is 19.2. The molecule has 1 aliphatic heterocycles. The summed E-state index contributed by atoms with van der Waals surface area (Å²) >= 11 is 2.99. The Kier molecular flexibility index (Phi) is 5.18. The number of hydrogen-bond donors (Lipinski definition) is 2. The number of thiazole rings is 1. The summed E-state index contributed by atoms with van der Waals surface area (Å²) in [6.07, 6.45) is 0. The van der Waals surface area contributed by atoms with Gasteiger partial charge < -0.3 is 19.9 Å². The van der Waals surface area contributed by atoms with E-state index in [9.17, 15) is 9.90 Å². The first-order valence-electron chi connectivity index (χ1n) is 9.81. The van der Waals surface area contributed by atoms with Crippen molar-refractivity contribution < 1.29 is 19.4 Å². The molecule has 2 N–H and O–H groups in total. The number of aromatic hydroxyl groups is 1. The van der Waals surface area contributed by atoms with Crippen LogP contribution < -0.4 is 14.8 Å². The van der Waals surface area contributed by atoms with E-state index in [1.54, 1.807) is 23.9 Å². The monoisotopic (exact) mass is 468 g/mol. The van der Waals surface area contributed by atoms with Gasteiger partial charge in [0.1, 0.15) is 11.6 Å². The van der Waals surface area contributed by atoms with Gasteiger partial charge in [0, 0.05) is 5.56 Å². The molecule has 4 aromatic rings. The van der Waals surface area contributed by atoms with Gasteiger partial charge in [-0.3, -0.25) is 4.79 Å². The third-order valence-electron chi connectivity index (χ3n) is 5.28. The number of methoxy groups -OCH3 is 2. The molecule has 1 aliphatic rings. The summed E-state index contributed by atoms with van der Waals surface area (Å²) in [6.45, 7) is 1.92. The van der Waals surface area contributed by atoms with E-state index in [2.05, 4.69) is 5.32 Å². The number of nitrogens with one attached hydrogen (secondary N) is 1.